The normalized spacial score (nSPS) is 17.2. The summed E-state index contributed by atoms with van der Waals surface area (Å²) in [6.07, 6.45) is 3.63. The first-order valence-electron chi connectivity index (χ1n) is 5.89. The van der Waals surface area contributed by atoms with Gasteiger partial charge in [0.25, 0.3) is 0 Å². The lowest BCUT2D eigenvalue weighted by molar-refractivity contribution is 0.150. The van der Waals surface area contributed by atoms with Crippen molar-refractivity contribution in [1.29, 1.82) is 0 Å². The molecule has 1 aliphatic heterocycles. The van der Waals surface area contributed by atoms with E-state index < -0.39 is 5.75 Å². The Hall–Kier alpha value is -1.46. The molecule has 5 nitrogen and oxygen atoms in total. The molecule has 5 heteroatoms. The second-order valence-electron chi connectivity index (χ2n) is 4.32. The highest BCUT2D eigenvalue weighted by Gasteiger charge is 2.13. The average molecular weight is 238 g/mol. The maximum Gasteiger partial charge on any atom is 0.200 e. The van der Waals surface area contributed by atoms with Gasteiger partial charge in [0.15, 0.2) is 11.5 Å². The number of rotatable bonds is 3. The van der Waals surface area contributed by atoms with Crippen LogP contribution in [0.3, 0.4) is 0 Å². The Morgan fingerprint density at radius 1 is 1.00 bits per heavy atom. The fourth-order valence-electron chi connectivity index (χ4n) is 2.00. The molecule has 0 aliphatic carbocycles. The second-order valence-corrected chi connectivity index (χ2v) is 4.32. The highest BCUT2D eigenvalue weighted by Crippen LogP contribution is 2.36. The zero-order valence-corrected chi connectivity index (χ0v) is 9.69. The van der Waals surface area contributed by atoms with Crippen LogP contribution in [0, 0.1) is 0 Å². The van der Waals surface area contributed by atoms with Crippen molar-refractivity contribution in [2.45, 2.75) is 25.8 Å². The van der Waals surface area contributed by atoms with Crippen LogP contribution in [0.2, 0.25) is 0 Å². The van der Waals surface area contributed by atoms with Crippen LogP contribution in [0.15, 0.2) is 12.1 Å². The number of hydrazine groups is 1. The molecule has 94 valence electrons. The van der Waals surface area contributed by atoms with Gasteiger partial charge in [-0.05, 0) is 18.9 Å². The molecule has 1 saturated heterocycles. The van der Waals surface area contributed by atoms with Gasteiger partial charge >= 0.3 is 0 Å². The molecule has 0 radical (unpaired) electrons. The van der Waals surface area contributed by atoms with Crippen molar-refractivity contribution in [3.8, 4) is 17.2 Å². The van der Waals surface area contributed by atoms with Gasteiger partial charge in [-0.1, -0.05) is 12.5 Å². The number of phenolic OH excluding ortho intramolecular Hbond substituents is 3. The third-order valence-electron chi connectivity index (χ3n) is 3.06. The number of hydrogen-bond acceptors (Lipinski definition) is 5. The van der Waals surface area contributed by atoms with E-state index in [1.165, 1.54) is 25.3 Å². The Balaban J connectivity index is 1.96. The van der Waals surface area contributed by atoms with Gasteiger partial charge < -0.3 is 15.3 Å². The van der Waals surface area contributed by atoms with E-state index in [-0.39, 0.29) is 11.5 Å². The van der Waals surface area contributed by atoms with Gasteiger partial charge in [-0.25, -0.2) is 5.01 Å². The summed E-state index contributed by atoms with van der Waals surface area (Å²) in [4.78, 5) is 0. The molecule has 1 aromatic rings. The number of nitrogens with zero attached hydrogens (tertiary/aromatic N) is 1. The monoisotopic (exact) mass is 238 g/mol. The number of benzene rings is 1. The molecule has 1 heterocycles. The van der Waals surface area contributed by atoms with Crippen LogP contribution in [0.5, 0.6) is 17.2 Å². The summed E-state index contributed by atoms with van der Waals surface area (Å²) in [5, 5.41) is 30.3. The van der Waals surface area contributed by atoms with E-state index >= 15 is 0 Å². The fourth-order valence-corrected chi connectivity index (χ4v) is 2.00. The minimum absolute atomic E-state index is 0.255. The van der Waals surface area contributed by atoms with Crippen molar-refractivity contribution in [3.05, 3.63) is 17.7 Å². The highest BCUT2D eigenvalue weighted by molar-refractivity contribution is 5.52. The quantitative estimate of drug-likeness (QED) is 0.597. The molecule has 0 aromatic heterocycles. The number of phenols is 3. The molecule has 4 N–H and O–H groups in total. The van der Waals surface area contributed by atoms with Gasteiger partial charge in [-0.15, -0.1) is 0 Å². The highest BCUT2D eigenvalue weighted by atomic mass is 16.3. The van der Waals surface area contributed by atoms with Crippen LogP contribution >= 0.6 is 0 Å². The van der Waals surface area contributed by atoms with Gasteiger partial charge in [0.2, 0.25) is 5.75 Å². The molecular weight excluding hydrogens is 220 g/mol. The SMILES string of the molecule is Oc1ccc(CNN2CCCCC2)c(O)c1O. The standard InChI is InChI=1S/C12H18N2O3/c15-10-5-4-9(11(16)12(10)17)8-13-14-6-2-1-3-7-14/h4-5,13,15-17H,1-3,6-8H2. The Morgan fingerprint density at radius 3 is 2.41 bits per heavy atom. The minimum Gasteiger partial charge on any atom is -0.504 e. The van der Waals surface area contributed by atoms with E-state index in [1.54, 1.807) is 6.07 Å². The van der Waals surface area contributed by atoms with Crippen molar-refractivity contribution in [3.63, 3.8) is 0 Å². The second kappa shape index (κ2) is 5.25. The van der Waals surface area contributed by atoms with Crippen molar-refractivity contribution in [2.75, 3.05) is 13.1 Å². The Bertz CT molecular complexity index is 390. The summed E-state index contributed by atoms with van der Waals surface area (Å²) in [5.41, 5.74) is 3.78. The van der Waals surface area contributed by atoms with E-state index in [2.05, 4.69) is 10.4 Å². The summed E-state index contributed by atoms with van der Waals surface area (Å²) in [6.45, 7) is 2.45. The maximum absolute atomic E-state index is 9.64. The molecule has 1 aliphatic rings. The van der Waals surface area contributed by atoms with Crippen molar-refractivity contribution >= 4 is 0 Å². The summed E-state index contributed by atoms with van der Waals surface area (Å²) in [6, 6.07) is 2.98. The average Bonchev–Trinajstić information content (AvgIpc) is 2.36. The lowest BCUT2D eigenvalue weighted by Gasteiger charge is -2.27. The molecule has 17 heavy (non-hydrogen) atoms. The number of piperidine rings is 1. The Kier molecular flexibility index (Phi) is 3.71. The lowest BCUT2D eigenvalue weighted by Crippen LogP contribution is -2.41. The Labute approximate surface area is 100 Å². The van der Waals surface area contributed by atoms with Crippen LogP contribution < -0.4 is 5.43 Å². The first kappa shape index (κ1) is 12.0. The third kappa shape index (κ3) is 2.81. The largest absolute Gasteiger partial charge is 0.504 e. The van der Waals surface area contributed by atoms with E-state index in [0.29, 0.717) is 12.1 Å². The Morgan fingerprint density at radius 2 is 1.71 bits per heavy atom. The van der Waals surface area contributed by atoms with Gasteiger partial charge in [0.1, 0.15) is 0 Å². The number of hydrogen-bond donors (Lipinski definition) is 4. The van der Waals surface area contributed by atoms with Crippen molar-refractivity contribution in [1.82, 2.24) is 10.4 Å². The molecule has 0 atom stereocenters. The fraction of sp³-hybridized carbons (Fsp3) is 0.500. The number of nitrogens with one attached hydrogen (secondary N) is 1. The van der Waals surface area contributed by atoms with Gasteiger partial charge in [-0.2, -0.15) is 0 Å². The topological polar surface area (TPSA) is 76.0 Å². The van der Waals surface area contributed by atoms with E-state index in [0.717, 1.165) is 13.1 Å². The predicted octanol–water partition coefficient (Wildman–Crippen LogP) is 1.29. The van der Waals surface area contributed by atoms with E-state index in [9.17, 15) is 15.3 Å². The van der Waals surface area contributed by atoms with Gasteiger partial charge in [0.05, 0.1) is 0 Å². The van der Waals surface area contributed by atoms with Crippen LogP contribution in [-0.4, -0.2) is 33.4 Å². The molecule has 0 spiro atoms. The van der Waals surface area contributed by atoms with Crippen LogP contribution in [0.25, 0.3) is 0 Å². The summed E-state index contributed by atoms with van der Waals surface area (Å²) < 4.78 is 0. The van der Waals surface area contributed by atoms with Crippen LogP contribution in [-0.2, 0) is 6.54 Å². The smallest absolute Gasteiger partial charge is 0.200 e. The zero-order chi connectivity index (χ0) is 12.3. The lowest BCUT2D eigenvalue weighted by atomic mass is 10.1. The van der Waals surface area contributed by atoms with E-state index in [4.69, 9.17) is 0 Å². The maximum atomic E-state index is 9.64. The first-order valence-corrected chi connectivity index (χ1v) is 5.89. The molecule has 1 fully saturated rings. The van der Waals surface area contributed by atoms with Crippen LogP contribution in [0.4, 0.5) is 0 Å². The van der Waals surface area contributed by atoms with Gasteiger partial charge in [0, 0.05) is 25.2 Å². The molecule has 2 rings (SSSR count). The first-order chi connectivity index (χ1) is 8.18. The van der Waals surface area contributed by atoms with E-state index in [1.807, 2.05) is 0 Å². The molecule has 0 unspecified atom stereocenters. The van der Waals surface area contributed by atoms with Crippen molar-refractivity contribution < 1.29 is 15.3 Å². The molecule has 0 saturated carbocycles. The number of aromatic hydroxyl groups is 3. The minimum atomic E-state index is -0.456. The summed E-state index contributed by atoms with van der Waals surface area (Å²) in [7, 11) is 0. The predicted molar refractivity (Wildman–Crippen MR) is 63.7 cm³/mol. The zero-order valence-electron chi connectivity index (χ0n) is 9.69. The third-order valence-corrected chi connectivity index (χ3v) is 3.06. The molecule has 1 aromatic carbocycles. The molecule has 0 amide bonds. The molecule has 0 bridgehead atoms. The summed E-state index contributed by atoms with van der Waals surface area (Å²) >= 11 is 0. The molecular formula is C12H18N2O3. The van der Waals surface area contributed by atoms with Crippen LogP contribution in [0.1, 0.15) is 24.8 Å². The van der Waals surface area contributed by atoms with Gasteiger partial charge in [-0.3, -0.25) is 5.43 Å². The summed E-state index contributed by atoms with van der Waals surface area (Å²) in [5.74, 6) is -1.01. The van der Waals surface area contributed by atoms with Crippen molar-refractivity contribution in [2.24, 2.45) is 0 Å².